The number of sulfonamides is 1. The summed E-state index contributed by atoms with van der Waals surface area (Å²) in [5.41, 5.74) is 2.62. The number of aryl methyl sites for hydroxylation is 2. The predicted molar refractivity (Wildman–Crippen MR) is 109 cm³/mol. The smallest absolute Gasteiger partial charge is 0.263 e. The fourth-order valence-electron chi connectivity index (χ4n) is 3.07. The first kappa shape index (κ1) is 20.0. The first-order chi connectivity index (χ1) is 12.7. The lowest BCUT2D eigenvalue weighted by Crippen LogP contribution is -2.35. The fraction of sp³-hybridized carbons (Fsp3) is 0.316. The lowest BCUT2D eigenvalue weighted by molar-refractivity contribution is -0.119. The molecule has 0 aromatic heterocycles. The second kappa shape index (κ2) is 7.70. The van der Waals surface area contributed by atoms with Gasteiger partial charge >= 0.3 is 0 Å². The number of hydrogen-bond acceptors (Lipinski definition) is 3. The topological polar surface area (TPSA) is 66.5 Å². The van der Waals surface area contributed by atoms with Crippen LogP contribution in [0.15, 0.2) is 35.2 Å². The molecular weight excluding hydrogens is 407 g/mol. The summed E-state index contributed by atoms with van der Waals surface area (Å²) in [5.74, 6) is 0.0562. The highest BCUT2D eigenvalue weighted by Crippen LogP contribution is 2.32. The minimum absolute atomic E-state index is 0.0396. The van der Waals surface area contributed by atoms with E-state index >= 15 is 0 Å². The fourth-order valence-corrected chi connectivity index (χ4v) is 4.95. The maximum Gasteiger partial charge on any atom is 0.263 e. The number of rotatable bonds is 4. The first-order valence-electron chi connectivity index (χ1n) is 8.58. The summed E-state index contributed by atoms with van der Waals surface area (Å²) >= 11 is 12.1. The standard InChI is InChI=1S/C19H20Cl2N2O3S/c1-12-6-7-14(10-17(12)23-8-4-3-5-19(23)24)22-27(25,26)18-9-13(2)15(20)11-16(18)21/h6-7,9-11,22H,3-5,8H2,1-2H3. The maximum atomic E-state index is 12.8. The van der Waals surface area contributed by atoms with Crippen LogP contribution in [0.1, 0.15) is 30.4 Å². The average molecular weight is 427 g/mol. The van der Waals surface area contributed by atoms with Crippen molar-refractivity contribution in [3.8, 4) is 0 Å². The van der Waals surface area contributed by atoms with Crippen LogP contribution in [0.4, 0.5) is 11.4 Å². The van der Waals surface area contributed by atoms with Crippen LogP contribution in [-0.4, -0.2) is 20.9 Å². The molecule has 1 N–H and O–H groups in total. The van der Waals surface area contributed by atoms with Gasteiger partial charge in [-0.3, -0.25) is 9.52 Å². The van der Waals surface area contributed by atoms with Crippen LogP contribution in [-0.2, 0) is 14.8 Å². The van der Waals surface area contributed by atoms with Crippen molar-refractivity contribution < 1.29 is 13.2 Å². The van der Waals surface area contributed by atoms with Gasteiger partial charge in [0.2, 0.25) is 5.91 Å². The molecule has 5 nitrogen and oxygen atoms in total. The van der Waals surface area contributed by atoms with Crippen LogP contribution < -0.4 is 9.62 Å². The van der Waals surface area contributed by atoms with E-state index in [4.69, 9.17) is 23.2 Å². The van der Waals surface area contributed by atoms with Gasteiger partial charge in [-0.05, 0) is 62.1 Å². The molecule has 1 heterocycles. The van der Waals surface area contributed by atoms with Gasteiger partial charge < -0.3 is 4.90 Å². The number of hydrogen-bond donors (Lipinski definition) is 1. The number of carbonyl (C=O) groups excluding carboxylic acids is 1. The van der Waals surface area contributed by atoms with E-state index in [1.165, 1.54) is 12.1 Å². The molecule has 1 aliphatic heterocycles. The van der Waals surface area contributed by atoms with Crippen molar-refractivity contribution in [1.29, 1.82) is 0 Å². The Morgan fingerprint density at radius 2 is 1.74 bits per heavy atom. The Balaban J connectivity index is 1.95. The zero-order chi connectivity index (χ0) is 19.8. The molecule has 1 fully saturated rings. The van der Waals surface area contributed by atoms with Crippen molar-refractivity contribution in [2.45, 2.75) is 38.0 Å². The summed E-state index contributed by atoms with van der Waals surface area (Å²) in [7, 11) is -3.90. The van der Waals surface area contributed by atoms with Gasteiger partial charge in [-0.15, -0.1) is 0 Å². The number of benzene rings is 2. The number of nitrogens with one attached hydrogen (secondary N) is 1. The molecule has 0 saturated carbocycles. The highest BCUT2D eigenvalue weighted by molar-refractivity contribution is 7.92. The first-order valence-corrected chi connectivity index (χ1v) is 10.8. The molecule has 0 radical (unpaired) electrons. The molecule has 1 aliphatic rings. The van der Waals surface area contributed by atoms with Gasteiger partial charge in [0.25, 0.3) is 10.0 Å². The molecule has 144 valence electrons. The molecule has 0 bridgehead atoms. The Kier molecular flexibility index (Phi) is 5.70. The summed E-state index contributed by atoms with van der Waals surface area (Å²) in [6.45, 7) is 4.25. The molecule has 1 saturated heterocycles. The quantitative estimate of drug-likeness (QED) is 0.753. The van der Waals surface area contributed by atoms with E-state index in [-0.39, 0.29) is 15.8 Å². The molecule has 2 aromatic carbocycles. The van der Waals surface area contributed by atoms with Crippen LogP contribution in [0.25, 0.3) is 0 Å². The van der Waals surface area contributed by atoms with Crippen LogP contribution in [0.5, 0.6) is 0 Å². The Hall–Kier alpha value is -1.76. The molecule has 3 rings (SSSR count). The van der Waals surface area contributed by atoms with Crippen molar-refractivity contribution in [2.24, 2.45) is 0 Å². The minimum Gasteiger partial charge on any atom is -0.312 e. The molecule has 0 aliphatic carbocycles. The highest BCUT2D eigenvalue weighted by Gasteiger charge is 2.23. The summed E-state index contributed by atoms with van der Waals surface area (Å²) in [6.07, 6.45) is 2.32. The van der Waals surface area contributed by atoms with E-state index < -0.39 is 10.0 Å². The van der Waals surface area contributed by atoms with Crippen molar-refractivity contribution in [3.05, 3.63) is 51.5 Å². The van der Waals surface area contributed by atoms with Crippen molar-refractivity contribution >= 4 is 50.5 Å². The van der Waals surface area contributed by atoms with Gasteiger partial charge in [0, 0.05) is 23.7 Å². The summed E-state index contributed by atoms with van der Waals surface area (Å²) in [4.78, 5) is 13.9. The normalized spacial score (nSPS) is 15.1. The summed E-state index contributed by atoms with van der Waals surface area (Å²) in [5, 5.41) is 0.455. The van der Waals surface area contributed by atoms with Gasteiger partial charge in [0.1, 0.15) is 4.90 Å². The third-order valence-corrected chi connectivity index (χ3v) is 6.83. The van der Waals surface area contributed by atoms with Crippen molar-refractivity contribution in [3.63, 3.8) is 0 Å². The zero-order valence-corrected chi connectivity index (χ0v) is 17.4. The van der Waals surface area contributed by atoms with Crippen LogP contribution in [0.3, 0.4) is 0 Å². The van der Waals surface area contributed by atoms with Crippen LogP contribution in [0, 0.1) is 13.8 Å². The van der Waals surface area contributed by atoms with E-state index in [2.05, 4.69) is 4.72 Å². The minimum atomic E-state index is -3.90. The molecule has 0 unspecified atom stereocenters. The lowest BCUT2D eigenvalue weighted by Gasteiger charge is -2.28. The van der Waals surface area contributed by atoms with Crippen molar-refractivity contribution in [2.75, 3.05) is 16.2 Å². The molecule has 2 aromatic rings. The monoisotopic (exact) mass is 426 g/mol. The number of anilines is 2. The highest BCUT2D eigenvalue weighted by atomic mass is 35.5. The second-order valence-corrected chi connectivity index (χ2v) is 9.11. The van der Waals surface area contributed by atoms with E-state index in [9.17, 15) is 13.2 Å². The Labute approximate surface area is 169 Å². The van der Waals surface area contributed by atoms with Crippen LogP contribution >= 0.6 is 23.2 Å². The predicted octanol–water partition coefficient (Wildman–Crippen LogP) is 4.93. The zero-order valence-electron chi connectivity index (χ0n) is 15.1. The van der Waals surface area contributed by atoms with Crippen molar-refractivity contribution in [1.82, 2.24) is 0 Å². The Bertz CT molecular complexity index is 1010. The maximum absolute atomic E-state index is 12.8. The number of piperidine rings is 1. The summed E-state index contributed by atoms with van der Waals surface area (Å²) < 4.78 is 28.2. The number of amides is 1. The number of halogens is 2. The SMILES string of the molecule is Cc1cc(S(=O)(=O)Nc2ccc(C)c(N3CCCCC3=O)c2)c(Cl)cc1Cl. The molecule has 0 atom stereocenters. The molecular formula is C19H20Cl2N2O3S. The van der Waals surface area contributed by atoms with E-state index in [0.29, 0.717) is 29.2 Å². The third kappa shape index (κ3) is 4.23. The van der Waals surface area contributed by atoms with Gasteiger partial charge in [-0.25, -0.2) is 8.42 Å². The molecule has 0 spiro atoms. The molecule has 27 heavy (non-hydrogen) atoms. The third-order valence-electron chi connectivity index (χ3n) is 4.58. The Morgan fingerprint density at radius 1 is 1.00 bits per heavy atom. The molecule has 1 amide bonds. The second-order valence-electron chi connectivity index (χ2n) is 6.64. The van der Waals surface area contributed by atoms with E-state index in [0.717, 1.165) is 24.1 Å². The largest absolute Gasteiger partial charge is 0.312 e. The van der Waals surface area contributed by atoms with Gasteiger partial charge in [0.05, 0.1) is 10.7 Å². The number of nitrogens with zero attached hydrogens (tertiary/aromatic N) is 1. The van der Waals surface area contributed by atoms with E-state index in [1.807, 2.05) is 6.92 Å². The van der Waals surface area contributed by atoms with Gasteiger partial charge in [-0.1, -0.05) is 29.3 Å². The van der Waals surface area contributed by atoms with Crippen LogP contribution in [0.2, 0.25) is 10.0 Å². The van der Waals surface area contributed by atoms with E-state index in [1.54, 1.807) is 30.0 Å². The molecule has 8 heteroatoms. The summed E-state index contributed by atoms with van der Waals surface area (Å²) in [6, 6.07) is 8.01. The number of carbonyl (C=O) groups is 1. The Morgan fingerprint density at radius 3 is 2.44 bits per heavy atom. The van der Waals surface area contributed by atoms with Gasteiger partial charge in [-0.2, -0.15) is 0 Å². The average Bonchev–Trinajstić information content (AvgIpc) is 2.60. The lowest BCUT2D eigenvalue weighted by atomic mass is 10.1. The van der Waals surface area contributed by atoms with Gasteiger partial charge in [0.15, 0.2) is 0 Å².